The Morgan fingerprint density at radius 2 is 2.18 bits per heavy atom. The van der Waals surface area contributed by atoms with Crippen molar-refractivity contribution in [2.75, 3.05) is 11.9 Å². The Hall–Kier alpha value is -0.870. The normalized spacial score (nSPS) is 10.6. The fraction of sp³-hybridized carbons (Fsp3) is 0.462. The molecule has 0 aromatic heterocycles. The molecule has 94 valence electrons. The van der Waals surface area contributed by atoms with E-state index in [1.807, 2.05) is 24.3 Å². The molecule has 0 aliphatic carbocycles. The number of amides is 1. The largest absolute Gasteiger partial charge is 0.326 e. The van der Waals surface area contributed by atoms with Crippen molar-refractivity contribution in [2.45, 2.75) is 32.7 Å². The minimum Gasteiger partial charge on any atom is -0.326 e. The van der Waals surface area contributed by atoms with Crippen molar-refractivity contribution in [1.82, 2.24) is 5.32 Å². The molecule has 1 amide bonds. The van der Waals surface area contributed by atoms with Gasteiger partial charge in [-0.2, -0.15) is 0 Å². The van der Waals surface area contributed by atoms with Crippen LogP contribution in [0.15, 0.2) is 28.7 Å². The second-order valence-corrected chi connectivity index (χ2v) is 5.19. The zero-order chi connectivity index (χ0) is 12.7. The fourth-order valence-corrected chi connectivity index (χ4v) is 1.83. The molecule has 0 fully saturated rings. The van der Waals surface area contributed by atoms with E-state index < -0.39 is 0 Å². The average molecular weight is 299 g/mol. The van der Waals surface area contributed by atoms with E-state index in [4.69, 9.17) is 0 Å². The van der Waals surface area contributed by atoms with Crippen LogP contribution in [0.3, 0.4) is 0 Å². The first-order chi connectivity index (χ1) is 8.08. The zero-order valence-electron chi connectivity index (χ0n) is 10.3. The van der Waals surface area contributed by atoms with Crippen molar-refractivity contribution in [3.8, 4) is 0 Å². The Balaban J connectivity index is 2.25. The molecular weight excluding hydrogens is 280 g/mol. The molecule has 2 N–H and O–H groups in total. The molecular formula is C13H19BrN2O. The topological polar surface area (TPSA) is 41.1 Å². The van der Waals surface area contributed by atoms with Gasteiger partial charge < -0.3 is 10.6 Å². The first-order valence-corrected chi connectivity index (χ1v) is 6.66. The van der Waals surface area contributed by atoms with Gasteiger partial charge in [-0.3, -0.25) is 4.79 Å². The molecule has 1 rings (SSSR count). The molecule has 0 aliphatic rings. The highest BCUT2D eigenvalue weighted by Gasteiger charge is 2.02. The van der Waals surface area contributed by atoms with Crippen molar-refractivity contribution in [2.24, 2.45) is 0 Å². The SMILES string of the molecule is CC(C)NCCCC(=O)Nc1cccc(Br)c1. The van der Waals surface area contributed by atoms with Crippen LogP contribution in [-0.2, 0) is 4.79 Å². The highest BCUT2D eigenvalue weighted by molar-refractivity contribution is 9.10. The lowest BCUT2D eigenvalue weighted by molar-refractivity contribution is -0.116. The highest BCUT2D eigenvalue weighted by Crippen LogP contribution is 2.15. The summed E-state index contributed by atoms with van der Waals surface area (Å²) in [7, 11) is 0. The first-order valence-electron chi connectivity index (χ1n) is 5.86. The van der Waals surface area contributed by atoms with E-state index >= 15 is 0 Å². The summed E-state index contributed by atoms with van der Waals surface area (Å²) < 4.78 is 0.969. The molecule has 0 spiro atoms. The van der Waals surface area contributed by atoms with Crippen LogP contribution in [0.1, 0.15) is 26.7 Å². The summed E-state index contributed by atoms with van der Waals surface area (Å²) in [6, 6.07) is 8.09. The maximum Gasteiger partial charge on any atom is 0.224 e. The Kier molecular flexibility index (Phi) is 6.22. The Morgan fingerprint density at radius 3 is 2.82 bits per heavy atom. The van der Waals surface area contributed by atoms with Gasteiger partial charge in [0.25, 0.3) is 0 Å². The smallest absolute Gasteiger partial charge is 0.224 e. The van der Waals surface area contributed by atoms with Crippen LogP contribution in [0.25, 0.3) is 0 Å². The molecule has 1 aromatic carbocycles. The number of hydrogen-bond donors (Lipinski definition) is 2. The van der Waals surface area contributed by atoms with Gasteiger partial charge in [0.05, 0.1) is 0 Å². The van der Waals surface area contributed by atoms with Crippen molar-refractivity contribution < 1.29 is 4.79 Å². The van der Waals surface area contributed by atoms with Gasteiger partial charge in [0.1, 0.15) is 0 Å². The zero-order valence-corrected chi connectivity index (χ0v) is 11.9. The fourth-order valence-electron chi connectivity index (χ4n) is 1.43. The lowest BCUT2D eigenvalue weighted by atomic mass is 10.2. The van der Waals surface area contributed by atoms with Crippen molar-refractivity contribution in [3.63, 3.8) is 0 Å². The summed E-state index contributed by atoms with van der Waals surface area (Å²) in [5, 5.41) is 6.16. The second kappa shape index (κ2) is 7.45. The van der Waals surface area contributed by atoms with Gasteiger partial charge in [-0.1, -0.05) is 35.8 Å². The number of nitrogens with one attached hydrogen (secondary N) is 2. The summed E-state index contributed by atoms with van der Waals surface area (Å²) in [6.45, 7) is 5.08. The molecule has 0 saturated heterocycles. The molecule has 3 nitrogen and oxygen atoms in total. The van der Waals surface area contributed by atoms with E-state index in [1.165, 1.54) is 0 Å². The van der Waals surface area contributed by atoms with Gasteiger partial charge in [0, 0.05) is 22.6 Å². The predicted octanol–water partition coefficient (Wildman–Crippen LogP) is 3.17. The van der Waals surface area contributed by atoms with Crippen LogP contribution < -0.4 is 10.6 Å². The minimum atomic E-state index is 0.0636. The van der Waals surface area contributed by atoms with Gasteiger partial charge in [0.15, 0.2) is 0 Å². The van der Waals surface area contributed by atoms with Crippen molar-refractivity contribution in [1.29, 1.82) is 0 Å². The van der Waals surface area contributed by atoms with E-state index in [0.29, 0.717) is 12.5 Å². The van der Waals surface area contributed by atoms with Gasteiger partial charge in [-0.25, -0.2) is 0 Å². The minimum absolute atomic E-state index is 0.0636. The third-order valence-electron chi connectivity index (χ3n) is 2.24. The third-order valence-corrected chi connectivity index (χ3v) is 2.73. The Morgan fingerprint density at radius 1 is 1.41 bits per heavy atom. The molecule has 1 aromatic rings. The van der Waals surface area contributed by atoms with Crippen LogP contribution in [0.2, 0.25) is 0 Å². The summed E-state index contributed by atoms with van der Waals surface area (Å²) in [6.07, 6.45) is 1.41. The lowest BCUT2D eigenvalue weighted by Crippen LogP contribution is -2.24. The molecule has 0 atom stereocenters. The number of halogens is 1. The Bertz CT molecular complexity index is 366. The molecule has 0 radical (unpaired) electrons. The van der Waals surface area contributed by atoms with Crippen LogP contribution in [0.5, 0.6) is 0 Å². The summed E-state index contributed by atoms with van der Waals surface area (Å²) in [5.74, 6) is 0.0636. The average Bonchev–Trinajstić information content (AvgIpc) is 2.24. The summed E-state index contributed by atoms with van der Waals surface area (Å²) in [5.41, 5.74) is 0.834. The van der Waals surface area contributed by atoms with Crippen LogP contribution in [0, 0.1) is 0 Å². The van der Waals surface area contributed by atoms with Crippen LogP contribution in [0.4, 0.5) is 5.69 Å². The molecule has 0 bridgehead atoms. The molecule has 4 heteroatoms. The number of carbonyl (C=O) groups is 1. The summed E-state index contributed by atoms with van der Waals surface area (Å²) >= 11 is 3.37. The van der Waals surface area contributed by atoms with E-state index in [0.717, 1.165) is 23.1 Å². The van der Waals surface area contributed by atoms with E-state index in [-0.39, 0.29) is 5.91 Å². The van der Waals surface area contributed by atoms with E-state index in [1.54, 1.807) is 0 Å². The maximum atomic E-state index is 11.6. The lowest BCUT2D eigenvalue weighted by Gasteiger charge is -2.08. The maximum absolute atomic E-state index is 11.6. The van der Waals surface area contributed by atoms with Gasteiger partial charge in [-0.15, -0.1) is 0 Å². The number of hydrogen-bond acceptors (Lipinski definition) is 2. The van der Waals surface area contributed by atoms with Gasteiger partial charge >= 0.3 is 0 Å². The van der Waals surface area contributed by atoms with Crippen LogP contribution >= 0.6 is 15.9 Å². The number of rotatable bonds is 6. The van der Waals surface area contributed by atoms with Gasteiger partial charge in [-0.05, 0) is 31.2 Å². The van der Waals surface area contributed by atoms with E-state index in [9.17, 15) is 4.79 Å². The first kappa shape index (κ1) is 14.2. The number of anilines is 1. The monoisotopic (exact) mass is 298 g/mol. The van der Waals surface area contributed by atoms with E-state index in [2.05, 4.69) is 40.4 Å². The Labute approximate surface area is 111 Å². The van der Waals surface area contributed by atoms with Gasteiger partial charge in [0.2, 0.25) is 5.91 Å². The van der Waals surface area contributed by atoms with Crippen LogP contribution in [-0.4, -0.2) is 18.5 Å². The number of carbonyl (C=O) groups excluding carboxylic acids is 1. The highest BCUT2D eigenvalue weighted by atomic mass is 79.9. The standard InChI is InChI=1S/C13H19BrN2O/c1-10(2)15-8-4-7-13(17)16-12-6-3-5-11(14)9-12/h3,5-6,9-10,15H,4,7-8H2,1-2H3,(H,16,17). The van der Waals surface area contributed by atoms with Crippen molar-refractivity contribution >= 4 is 27.5 Å². The molecule has 17 heavy (non-hydrogen) atoms. The molecule has 0 unspecified atom stereocenters. The number of benzene rings is 1. The molecule has 0 saturated carbocycles. The van der Waals surface area contributed by atoms with Crippen molar-refractivity contribution in [3.05, 3.63) is 28.7 Å². The second-order valence-electron chi connectivity index (χ2n) is 4.27. The third kappa shape index (κ3) is 6.44. The predicted molar refractivity (Wildman–Crippen MR) is 75.1 cm³/mol. The quantitative estimate of drug-likeness (QED) is 0.792. The summed E-state index contributed by atoms with van der Waals surface area (Å²) in [4.78, 5) is 11.6. The molecule has 0 aliphatic heterocycles. The molecule has 0 heterocycles.